The van der Waals surface area contributed by atoms with Crippen LogP contribution in [0.15, 0.2) is 249 Å². The standard InChI is InChI=1S/C52H35N3.C7H8/c1-4-14-36(15-5-1)37-24-28-42(29-25-37)54-49-23-13-11-21-47(49)51-50(54)33-32-46-45-20-10-12-22-48(45)55(52(46)51)44-31-27-38-34-43(30-26-39(38)35-44)53(40-16-6-2-7-17-40)41-18-8-3-9-19-41;1-7-5-3-2-4-6-7/h1-35H;2-5H,1,6H2. The Balaban J connectivity index is 0.000000565. The van der Waals surface area contributed by atoms with Crippen molar-refractivity contribution in [2.75, 3.05) is 4.90 Å². The molecule has 9 aromatic carbocycles. The van der Waals surface area contributed by atoms with Crippen molar-refractivity contribution in [3.05, 3.63) is 249 Å². The van der Waals surface area contributed by atoms with E-state index in [2.05, 4.69) is 239 Å². The summed E-state index contributed by atoms with van der Waals surface area (Å²) in [5, 5.41) is 7.39. The van der Waals surface area contributed by atoms with Gasteiger partial charge in [0.2, 0.25) is 0 Å². The molecule has 0 saturated carbocycles. The van der Waals surface area contributed by atoms with E-state index < -0.39 is 0 Å². The summed E-state index contributed by atoms with van der Waals surface area (Å²) in [5.41, 5.74) is 14.1. The summed E-state index contributed by atoms with van der Waals surface area (Å²) in [4.78, 5) is 2.32. The summed E-state index contributed by atoms with van der Waals surface area (Å²) in [6, 6.07) is 76.8. The van der Waals surface area contributed by atoms with E-state index >= 15 is 0 Å². The third kappa shape index (κ3) is 6.57. The zero-order valence-electron chi connectivity index (χ0n) is 34.3. The molecule has 1 aliphatic carbocycles. The van der Waals surface area contributed by atoms with E-state index in [4.69, 9.17) is 0 Å². The van der Waals surface area contributed by atoms with E-state index in [1.54, 1.807) is 0 Å². The van der Waals surface area contributed by atoms with E-state index in [1.807, 2.05) is 18.2 Å². The lowest BCUT2D eigenvalue weighted by Gasteiger charge is -2.25. The molecule has 62 heavy (non-hydrogen) atoms. The number of anilines is 3. The molecule has 0 saturated heterocycles. The molecule has 0 unspecified atom stereocenters. The second kappa shape index (κ2) is 15.8. The van der Waals surface area contributed by atoms with Crippen LogP contribution in [-0.4, -0.2) is 9.13 Å². The molecule has 2 heterocycles. The molecule has 0 fully saturated rings. The SMILES string of the molecule is C=C1C=CC=CC1.c1ccc(-c2ccc(-n3c4ccccc4c4c3ccc3c5ccccc5n(-c5ccc6cc(N(c7ccccc7)c7ccccc7)ccc6c5)c34)cc2)cc1. The zero-order chi connectivity index (χ0) is 41.4. The molecule has 0 spiro atoms. The molecular weight excluding hydrogens is 751 g/mol. The Morgan fingerprint density at radius 3 is 1.65 bits per heavy atom. The van der Waals surface area contributed by atoms with E-state index in [0.29, 0.717) is 0 Å². The van der Waals surface area contributed by atoms with Gasteiger partial charge >= 0.3 is 0 Å². The number of fused-ring (bicyclic) bond motifs is 8. The Hall–Kier alpha value is -8.14. The van der Waals surface area contributed by atoms with Crippen molar-refractivity contribution in [2.45, 2.75) is 6.42 Å². The Kier molecular flexibility index (Phi) is 9.40. The normalized spacial score (nSPS) is 12.4. The zero-order valence-corrected chi connectivity index (χ0v) is 34.3. The minimum absolute atomic E-state index is 1.02. The highest BCUT2D eigenvalue weighted by Crippen LogP contribution is 2.43. The maximum atomic E-state index is 3.78. The molecule has 2 aromatic heterocycles. The molecule has 294 valence electrons. The van der Waals surface area contributed by atoms with Gasteiger partial charge in [0.1, 0.15) is 0 Å². The number of rotatable bonds is 6. The fraction of sp³-hybridized carbons (Fsp3) is 0.0169. The second-order valence-electron chi connectivity index (χ2n) is 15.8. The number of aromatic nitrogens is 2. The van der Waals surface area contributed by atoms with Crippen LogP contribution in [0.2, 0.25) is 0 Å². The minimum atomic E-state index is 1.02. The van der Waals surface area contributed by atoms with Crippen LogP contribution in [0.25, 0.3) is 76.9 Å². The van der Waals surface area contributed by atoms with Crippen LogP contribution in [0, 0.1) is 0 Å². The molecule has 11 aromatic rings. The summed E-state index contributed by atoms with van der Waals surface area (Å²) in [7, 11) is 0. The van der Waals surface area contributed by atoms with Gasteiger partial charge in [0.15, 0.2) is 0 Å². The minimum Gasteiger partial charge on any atom is -0.310 e. The highest BCUT2D eigenvalue weighted by atomic mass is 15.1. The first-order chi connectivity index (χ1) is 30.7. The molecule has 0 atom stereocenters. The number of allylic oxidation sites excluding steroid dienone is 5. The van der Waals surface area contributed by atoms with Gasteiger partial charge in [-0.15, -0.1) is 0 Å². The molecule has 12 rings (SSSR count). The maximum absolute atomic E-state index is 3.78. The topological polar surface area (TPSA) is 13.1 Å². The van der Waals surface area contributed by atoms with Crippen molar-refractivity contribution < 1.29 is 0 Å². The molecule has 0 radical (unpaired) electrons. The largest absolute Gasteiger partial charge is 0.310 e. The van der Waals surface area contributed by atoms with Crippen LogP contribution in [0.4, 0.5) is 17.1 Å². The fourth-order valence-corrected chi connectivity index (χ4v) is 9.15. The second-order valence-corrected chi connectivity index (χ2v) is 15.8. The Labute approximate surface area is 361 Å². The van der Waals surface area contributed by atoms with Crippen LogP contribution in [0.3, 0.4) is 0 Å². The molecule has 0 amide bonds. The number of para-hydroxylation sites is 4. The molecule has 0 N–H and O–H groups in total. The first-order valence-electron chi connectivity index (χ1n) is 21.3. The lowest BCUT2D eigenvalue weighted by atomic mass is 10.1. The van der Waals surface area contributed by atoms with Gasteiger partial charge in [-0.3, -0.25) is 0 Å². The average molecular weight is 794 g/mol. The summed E-state index contributed by atoms with van der Waals surface area (Å²) in [6.07, 6.45) is 9.19. The van der Waals surface area contributed by atoms with Crippen molar-refractivity contribution in [2.24, 2.45) is 0 Å². The average Bonchev–Trinajstić information content (AvgIpc) is 3.86. The van der Waals surface area contributed by atoms with Crippen LogP contribution in [0.1, 0.15) is 6.42 Å². The predicted octanol–water partition coefficient (Wildman–Crippen LogP) is 16.2. The van der Waals surface area contributed by atoms with Gasteiger partial charge < -0.3 is 14.0 Å². The Bertz CT molecular complexity index is 3440. The Morgan fingerprint density at radius 1 is 0.403 bits per heavy atom. The lowest BCUT2D eigenvalue weighted by Crippen LogP contribution is -2.09. The summed E-state index contributed by atoms with van der Waals surface area (Å²) in [6.45, 7) is 3.78. The van der Waals surface area contributed by atoms with Crippen LogP contribution in [-0.2, 0) is 0 Å². The van der Waals surface area contributed by atoms with Gasteiger partial charge in [0.05, 0.1) is 22.1 Å². The highest BCUT2D eigenvalue weighted by Gasteiger charge is 2.21. The third-order valence-electron chi connectivity index (χ3n) is 12.0. The van der Waals surface area contributed by atoms with Crippen molar-refractivity contribution in [3.63, 3.8) is 0 Å². The molecule has 3 nitrogen and oxygen atoms in total. The molecular formula is C59H43N3. The smallest absolute Gasteiger partial charge is 0.0641 e. The first-order valence-corrected chi connectivity index (χ1v) is 21.3. The molecule has 0 aliphatic heterocycles. The van der Waals surface area contributed by atoms with Crippen molar-refractivity contribution >= 4 is 71.4 Å². The van der Waals surface area contributed by atoms with E-state index in [9.17, 15) is 0 Å². The van der Waals surface area contributed by atoms with Gasteiger partial charge in [0, 0.05) is 50.0 Å². The number of benzene rings is 9. The monoisotopic (exact) mass is 793 g/mol. The van der Waals surface area contributed by atoms with Crippen molar-refractivity contribution in [1.29, 1.82) is 0 Å². The summed E-state index contributed by atoms with van der Waals surface area (Å²) >= 11 is 0. The first kappa shape index (κ1) is 36.9. The third-order valence-corrected chi connectivity index (χ3v) is 12.0. The number of hydrogen-bond donors (Lipinski definition) is 0. The van der Waals surface area contributed by atoms with Gasteiger partial charge in [-0.25, -0.2) is 0 Å². The highest BCUT2D eigenvalue weighted by molar-refractivity contribution is 6.26. The lowest BCUT2D eigenvalue weighted by molar-refractivity contribution is 1.18. The van der Waals surface area contributed by atoms with E-state index in [-0.39, 0.29) is 0 Å². The quantitative estimate of drug-likeness (QED) is 0.163. The maximum Gasteiger partial charge on any atom is 0.0641 e. The Morgan fingerprint density at radius 2 is 0.984 bits per heavy atom. The number of hydrogen-bond acceptors (Lipinski definition) is 1. The predicted molar refractivity (Wildman–Crippen MR) is 265 cm³/mol. The van der Waals surface area contributed by atoms with E-state index in [1.165, 1.54) is 71.1 Å². The van der Waals surface area contributed by atoms with Gasteiger partial charge in [-0.2, -0.15) is 0 Å². The van der Waals surface area contributed by atoms with E-state index in [0.717, 1.165) is 34.9 Å². The van der Waals surface area contributed by atoms with Gasteiger partial charge in [0.25, 0.3) is 0 Å². The molecule has 0 bridgehead atoms. The van der Waals surface area contributed by atoms with Crippen LogP contribution >= 0.6 is 0 Å². The summed E-state index contributed by atoms with van der Waals surface area (Å²) in [5.74, 6) is 0. The van der Waals surface area contributed by atoms with Gasteiger partial charge in [-0.1, -0.05) is 170 Å². The van der Waals surface area contributed by atoms with Crippen LogP contribution in [0.5, 0.6) is 0 Å². The van der Waals surface area contributed by atoms with Crippen LogP contribution < -0.4 is 4.90 Å². The summed E-state index contributed by atoms with van der Waals surface area (Å²) < 4.78 is 4.91. The molecule has 1 aliphatic rings. The number of nitrogens with zero attached hydrogens (tertiary/aromatic N) is 3. The fourth-order valence-electron chi connectivity index (χ4n) is 9.15. The van der Waals surface area contributed by atoms with Gasteiger partial charge in [-0.05, 0) is 107 Å². The van der Waals surface area contributed by atoms with Crippen molar-refractivity contribution in [1.82, 2.24) is 9.13 Å². The molecule has 3 heteroatoms. The van der Waals surface area contributed by atoms with Crippen molar-refractivity contribution in [3.8, 4) is 22.5 Å².